The Morgan fingerprint density at radius 3 is 1.03 bits per heavy atom. The first-order valence-corrected chi connectivity index (χ1v) is 36.7. The van der Waals surface area contributed by atoms with Crippen LogP contribution in [0.15, 0.2) is 24.3 Å². The van der Waals surface area contributed by atoms with Gasteiger partial charge in [-0.1, -0.05) is 353 Å². The molecule has 0 spiro atoms. The molecule has 0 aliphatic rings. The first kappa shape index (κ1) is 78.0. The smallest absolute Gasteiger partial charge is 0.268 e. The highest BCUT2D eigenvalue weighted by atomic mass is 31.2. The average molecular weight is 1140 g/mol. The van der Waals surface area contributed by atoms with Crippen molar-refractivity contribution in [2.45, 2.75) is 379 Å². The number of unbranched alkanes of at least 4 members (excludes halogenated alkanes) is 51. The molecule has 79 heavy (non-hydrogen) atoms. The lowest BCUT2D eigenvalue weighted by Gasteiger charge is -2.29. The maximum Gasteiger partial charge on any atom is 0.268 e. The summed E-state index contributed by atoms with van der Waals surface area (Å²) in [6, 6.07) is -0.901. The SMILES string of the molecule is CCCCCCCCCCCCCC/C=C/CC/C=C/C(O)C(COP(=O)([O-])OCC[N+](C)(C)C)NC(=O)CCCCCCCCCCCCCCCCCCCCCCCCCCCCCCCCCCCCCCCCC. The van der Waals surface area contributed by atoms with Crippen molar-refractivity contribution in [1.29, 1.82) is 0 Å². The molecular weight excluding hydrogens is 996 g/mol. The second-order valence-electron chi connectivity index (χ2n) is 25.6. The molecule has 1 amide bonds. The van der Waals surface area contributed by atoms with Crippen LogP contribution < -0.4 is 10.2 Å². The molecule has 0 aromatic rings. The molecule has 0 heterocycles. The van der Waals surface area contributed by atoms with Crippen LogP contribution >= 0.6 is 7.82 Å². The second kappa shape index (κ2) is 61.5. The minimum Gasteiger partial charge on any atom is -0.756 e. The lowest BCUT2D eigenvalue weighted by atomic mass is 10.0. The van der Waals surface area contributed by atoms with Gasteiger partial charge in [-0.15, -0.1) is 0 Å². The summed E-state index contributed by atoms with van der Waals surface area (Å²) in [6.45, 7) is 4.68. The summed E-state index contributed by atoms with van der Waals surface area (Å²) in [5.41, 5.74) is 0. The highest BCUT2D eigenvalue weighted by molar-refractivity contribution is 7.45. The van der Waals surface area contributed by atoms with Crippen molar-refractivity contribution in [2.75, 3.05) is 40.9 Å². The number of nitrogens with zero attached hydrogens (tertiary/aromatic N) is 1. The quantitative estimate of drug-likeness (QED) is 0.0272. The third-order valence-electron chi connectivity index (χ3n) is 16.4. The van der Waals surface area contributed by atoms with Crippen LogP contribution in [0.1, 0.15) is 367 Å². The zero-order valence-electron chi connectivity index (χ0n) is 53.9. The van der Waals surface area contributed by atoms with E-state index in [2.05, 4.69) is 31.3 Å². The Bertz CT molecular complexity index is 1340. The van der Waals surface area contributed by atoms with E-state index in [4.69, 9.17) is 9.05 Å². The van der Waals surface area contributed by atoms with Crippen LogP contribution in [-0.4, -0.2) is 68.5 Å². The molecule has 0 saturated heterocycles. The summed E-state index contributed by atoms with van der Waals surface area (Å²) in [5.74, 6) is -0.199. The van der Waals surface area contributed by atoms with Crippen molar-refractivity contribution in [3.63, 3.8) is 0 Å². The Kier molecular flexibility index (Phi) is 60.7. The van der Waals surface area contributed by atoms with Gasteiger partial charge < -0.3 is 28.8 Å². The molecule has 8 nitrogen and oxygen atoms in total. The van der Waals surface area contributed by atoms with E-state index in [9.17, 15) is 19.4 Å². The standard InChI is InChI=1S/C70H139N2O6P/c1-6-8-10-12-14-16-18-20-22-24-26-27-28-29-30-31-32-33-34-35-36-37-38-39-40-41-42-43-44-45-46-48-50-52-54-56-58-60-62-64-70(74)71-68(67-78-79(75,76)77-66-65-72(3,4)5)69(73)63-61-59-57-55-53-51-49-47-25-23-21-19-17-15-13-11-9-7-2/h53,55,61,63,68-69,73H,6-52,54,56-60,62,64-67H2,1-5H3,(H-,71,74,75,76)/b55-53+,63-61+. The highest BCUT2D eigenvalue weighted by Crippen LogP contribution is 2.38. The van der Waals surface area contributed by atoms with Gasteiger partial charge in [-0.05, 0) is 32.1 Å². The Morgan fingerprint density at radius 1 is 0.430 bits per heavy atom. The van der Waals surface area contributed by atoms with Gasteiger partial charge in [0.1, 0.15) is 13.2 Å². The van der Waals surface area contributed by atoms with Gasteiger partial charge in [0.05, 0.1) is 39.9 Å². The van der Waals surface area contributed by atoms with Crippen molar-refractivity contribution in [3.8, 4) is 0 Å². The molecule has 9 heteroatoms. The largest absolute Gasteiger partial charge is 0.756 e. The molecule has 3 unspecified atom stereocenters. The maximum absolute atomic E-state index is 13.0. The Hall–Kier alpha value is -1.02. The number of likely N-dealkylation sites (N-methyl/N-ethyl adjacent to an activating group) is 1. The number of aliphatic hydroxyl groups is 1. The lowest BCUT2D eigenvalue weighted by Crippen LogP contribution is -2.45. The number of phosphoric ester groups is 1. The minimum atomic E-state index is -4.61. The van der Waals surface area contributed by atoms with Gasteiger partial charge in [0.25, 0.3) is 7.82 Å². The van der Waals surface area contributed by atoms with E-state index in [1.165, 1.54) is 308 Å². The van der Waals surface area contributed by atoms with Gasteiger partial charge in [-0.25, -0.2) is 0 Å². The van der Waals surface area contributed by atoms with Crippen molar-refractivity contribution in [3.05, 3.63) is 24.3 Å². The zero-order chi connectivity index (χ0) is 57.7. The van der Waals surface area contributed by atoms with Crippen molar-refractivity contribution < 1.29 is 32.9 Å². The Balaban J connectivity index is 3.90. The first-order valence-electron chi connectivity index (χ1n) is 35.2. The number of aliphatic hydroxyl groups excluding tert-OH is 1. The number of carbonyl (C=O) groups excluding carboxylic acids is 1. The topological polar surface area (TPSA) is 108 Å². The summed E-state index contributed by atoms with van der Waals surface area (Å²) in [7, 11) is 1.26. The normalized spacial score (nSPS) is 13.8. The number of rotatable bonds is 66. The molecule has 0 saturated carbocycles. The van der Waals surface area contributed by atoms with Crippen molar-refractivity contribution in [2.24, 2.45) is 0 Å². The van der Waals surface area contributed by atoms with Gasteiger partial charge in [-0.2, -0.15) is 0 Å². The summed E-state index contributed by atoms with van der Waals surface area (Å²) in [6.07, 6.45) is 80.4. The number of phosphoric acid groups is 1. The minimum absolute atomic E-state index is 0.00359. The Morgan fingerprint density at radius 2 is 0.709 bits per heavy atom. The van der Waals surface area contributed by atoms with Crippen LogP contribution in [0.4, 0.5) is 0 Å². The van der Waals surface area contributed by atoms with Gasteiger partial charge in [0.15, 0.2) is 0 Å². The number of amides is 1. The fourth-order valence-electron chi connectivity index (χ4n) is 10.9. The third kappa shape index (κ3) is 64.4. The molecular formula is C70H139N2O6P. The average Bonchev–Trinajstić information content (AvgIpc) is 3.42. The Labute approximate surface area is 494 Å². The van der Waals surface area contributed by atoms with Crippen LogP contribution in [-0.2, 0) is 18.4 Å². The summed E-state index contributed by atoms with van der Waals surface area (Å²) < 4.78 is 23.4. The van der Waals surface area contributed by atoms with E-state index in [0.717, 1.165) is 38.5 Å². The summed E-state index contributed by atoms with van der Waals surface area (Å²) >= 11 is 0. The van der Waals surface area contributed by atoms with E-state index in [1.807, 2.05) is 27.2 Å². The molecule has 2 N–H and O–H groups in total. The fourth-order valence-corrected chi connectivity index (χ4v) is 11.7. The number of carbonyl (C=O) groups is 1. The second-order valence-corrected chi connectivity index (χ2v) is 27.0. The van der Waals surface area contributed by atoms with Gasteiger partial charge in [0.2, 0.25) is 5.91 Å². The van der Waals surface area contributed by atoms with Gasteiger partial charge >= 0.3 is 0 Å². The predicted octanol–water partition coefficient (Wildman–Crippen LogP) is 21.6. The molecule has 0 bridgehead atoms. The van der Waals surface area contributed by atoms with Gasteiger partial charge in [-0.3, -0.25) is 9.36 Å². The van der Waals surface area contributed by atoms with Crippen LogP contribution in [0.2, 0.25) is 0 Å². The maximum atomic E-state index is 13.0. The van der Waals surface area contributed by atoms with E-state index in [-0.39, 0.29) is 19.1 Å². The molecule has 0 radical (unpaired) electrons. The zero-order valence-corrected chi connectivity index (χ0v) is 54.8. The van der Waals surface area contributed by atoms with Crippen LogP contribution in [0, 0.1) is 0 Å². The monoisotopic (exact) mass is 1140 g/mol. The summed E-state index contributed by atoms with van der Waals surface area (Å²) in [4.78, 5) is 25.6. The van der Waals surface area contributed by atoms with Crippen LogP contribution in [0.25, 0.3) is 0 Å². The molecule has 0 fully saturated rings. The van der Waals surface area contributed by atoms with Crippen molar-refractivity contribution in [1.82, 2.24) is 5.32 Å². The number of nitrogens with one attached hydrogen (secondary N) is 1. The molecule has 3 atom stereocenters. The third-order valence-corrected chi connectivity index (χ3v) is 17.4. The highest BCUT2D eigenvalue weighted by Gasteiger charge is 2.23. The molecule has 0 aromatic carbocycles. The first-order chi connectivity index (χ1) is 38.5. The van der Waals surface area contributed by atoms with E-state index in [1.54, 1.807) is 6.08 Å². The number of quaternary nitrogens is 1. The molecule has 0 rings (SSSR count). The van der Waals surface area contributed by atoms with Crippen LogP contribution in [0.5, 0.6) is 0 Å². The molecule has 0 aliphatic carbocycles. The van der Waals surface area contributed by atoms with E-state index >= 15 is 0 Å². The molecule has 0 aliphatic heterocycles. The molecule has 0 aromatic heterocycles. The predicted molar refractivity (Wildman–Crippen MR) is 344 cm³/mol. The molecule has 470 valence electrons. The van der Waals surface area contributed by atoms with Crippen molar-refractivity contribution >= 4 is 13.7 Å². The lowest BCUT2D eigenvalue weighted by molar-refractivity contribution is -0.870. The van der Waals surface area contributed by atoms with E-state index in [0.29, 0.717) is 17.4 Å². The number of hydrogen-bond donors (Lipinski definition) is 2. The summed E-state index contributed by atoms with van der Waals surface area (Å²) in [5, 5.41) is 13.9. The fraction of sp³-hybridized carbons (Fsp3) is 0.929. The van der Waals surface area contributed by atoms with Crippen LogP contribution in [0.3, 0.4) is 0 Å². The van der Waals surface area contributed by atoms with E-state index < -0.39 is 20.0 Å². The number of allylic oxidation sites excluding steroid dienone is 3. The number of hydrogen-bond acceptors (Lipinski definition) is 6. The van der Waals surface area contributed by atoms with Gasteiger partial charge in [0, 0.05) is 6.42 Å².